The molecule has 0 radical (unpaired) electrons. The zero-order chi connectivity index (χ0) is 17.2. The lowest BCUT2D eigenvalue weighted by Crippen LogP contribution is -2.38. The molecule has 0 aliphatic carbocycles. The number of carbonyl (C=O) groups is 1. The molecule has 1 amide bonds. The van der Waals surface area contributed by atoms with Gasteiger partial charge in [-0.1, -0.05) is 18.2 Å². The zero-order valence-electron chi connectivity index (χ0n) is 13.3. The van der Waals surface area contributed by atoms with Gasteiger partial charge in [-0.2, -0.15) is 5.26 Å². The van der Waals surface area contributed by atoms with Gasteiger partial charge in [-0.05, 0) is 24.3 Å². The van der Waals surface area contributed by atoms with E-state index in [1.54, 1.807) is 35.4 Å². The number of carbonyl (C=O) groups excluding carboxylic acids is 1. The normalized spacial score (nSPS) is 13.2. The number of aromatic nitrogens is 4. The van der Waals surface area contributed by atoms with E-state index in [4.69, 9.17) is 0 Å². The standard InChI is InChI=1S/C18H14N6O/c19-11-13-5-1-2-6-14(13)18(25)23-9-10-24-16(12-23)21-22-17(24)15-7-3-4-8-20-15/h1-8H,9-10,12H2. The van der Waals surface area contributed by atoms with Crippen LogP contribution in [0.5, 0.6) is 0 Å². The molecule has 7 heteroatoms. The van der Waals surface area contributed by atoms with Crippen LogP contribution in [0.15, 0.2) is 48.7 Å². The Labute approximate surface area is 144 Å². The summed E-state index contributed by atoms with van der Waals surface area (Å²) >= 11 is 0. The van der Waals surface area contributed by atoms with Crippen molar-refractivity contribution in [3.63, 3.8) is 0 Å². The summed E-state index contributed by atoms with van der Waals surface area (Å²) in [6.07, 6.45) is 1.72. The van der Waals surface area contributed by atoms with Crippen molar-refractivity contribution in [3.05, 3.63) is 65.6 Å². The van der Waals surface area contributed by atoms with Gasteiger partial charge in [0.2, 0.25) is 0 Å². The Morgan fingerprint density at radius 2 is 1.92 bits per heavy atom. The summed E-state index contributed by atoms with van der Waals surface area (Å²) in [6.45, 7) is 1.48. The van der Waals surface area contributed by atoms with Crippen molar-refractivity contribution in [2.45, 2.75) is 13.1 Å². The SMILES string of the molecule is N#Cc1ccccc1C(=O)N1CCn2c(nnc2-c2ccccn2)C1. The molecule has 1 aromatic carbocycles. The molecule has 4 rings (SSSR count). The van der Waals surface area contributed by atoms with Crippen molar-refractivity contribution in [1.82, 2.24) is 24.6 Å². The average molecular weight is 330 g/mol. The Morgan fingerprint density at radius 1 is 1.08 bits per heavy atom. The van der Waals surface area contributed by atoms with Crippen molar-refractivity contribution in [3.8, 4) is 17.6 Å². The summed E-state index contributed by atoms with van der Waals surface area (Å²) < 4.78 is 1.99. The van der Waals surface area contributed by atoms with Gasteiger partial charge in [0, 0.05) is 19.3 Å². The molecule has 0 fully saturated rings. The van der Waals surface area contributed by atoms with E-state index in [0.29, 0.717) is 36.6 Å². The molecule has 2 aromatic heterocycles. The minimum Gasteiger partial charge on any atom is -0.329 e. The van der Waals surface area contributed by atoms with Crippen LogP contribution in [0.2, 0.25) is 0 Å². The molecule has 1 aliphatic rings. The second-order valence-electron chi connectivity index (χ2n) is 5.69. The van der Waals surface area contributed by atoms with Crippen LogP contribution < -0.4 is 0 Å². The fraction of sp³-hybridized carbons (Fsp3) is 0.167. The third kappa shape index (κ3) is 2.64. The maximum Gasteiger partial charge on any atom is 0.255 e. The van der Waals surface area contributed by atoms with E-state index in [1.807, 2.05) is 22.8 Å². The van der Waals surface area contributed by atoms with Crippen molar-refractivity contribution in [2.75, 3.05) is 6.54 Å². The van der Waals surface area contributed by atoms with Crippen LogP contribution in [0.25, 0.3) is 11.5 Å². The number of pyridine rings is 1. The van der Waals surface area contributed by atoms with Gasteiger partial charge >= 0.3 is 0 Å². The number of fused-ring (bicyclic) bond motifs is 1. The second kappa shape index (κ2) is 6.17. The Kier molecular flexibility index (Phi) is 3.71. The number of hydrogen-bond acceptors (Lipinski definition) is 5. The van der Waals surface area contributed by atoms with Gasteiger partial charge in [0.1, 0.15) is 5.69 Å². The van der Waals surface area contributed by atoms with E-state index in [1.165, 1.54) is 0 Å². The predicted octanol–water partition coefficient (Wildman–Crippen LogP) is 1.87. The smallest absolute Gasteiger partial charge is 0.255 e. The minimum atomic E-state index is -0.161. The van der Waals surface area contributed by atoms with Crippen molar-refractivity contribution in [2.24, 2.45) is 0 Å². The maximum absolute atomic E-state index is 12.8. The van der Waals surface area contributed by atoms with Gasteiger partial charge in [0.25, 0.3) is 5.91 Å². The highest BCUT2D eigenvalue weighted by atomic mass is 16.2. The monoisotopic (exact) mass is 330 g/mol. The van der Waals surface area contributed by atoms with Crippen LogP contribution in [0.1, 0.15) is 21.7 Å². The van der Waals surface area contributed by atoms with E-state index >= 15 is 0 Å². The summed E-state index contributed by atoms with van der Waals surface area (Å²) in [5.41, 5.74) is 1.56. The first-order chi connectivity index (χ1) is 12.3. The molecular weight excluding hydrogens is 316 g/mol. The summed E-state index contributed by atoms with van der Waals surface area (Å²) in [7, 11) is 0. The van der Waals surface area contributed by atoms with Crippen LogP contribution in [0.3, 0.4) is 0 Å². The molecule has 0 N–H and O–H groups in total. The quantitative estimate of drug-likeness (QED) is 0.716. The first-order valence-electron chi connectivity index (χ1n) is 7.90. The molecule has 0 spiro atoms. The summed E-state index contributed by atoms with van der Waals surface area (Å²) in [6, 6.07) is 14.6. The Balaban J connectivity index is 1.61. The maximum atomic E-state index is 12.8. The largest absolute Gasteiger partial charge is 0.329 e. The van der Waals surface area contributed by atoms with Crippen LogP contribution in [-0.4, -0.2) is 37.1 Å². The highest BCUT2D eigenvalue weighted by Crippen LogP contribution is 2.21. The van der Waals surface area contributed by atoms with Gasteiger partial charge in [0.15, 0.2) is 11.6 Å². The van der Waals surface area contributed by atoms with Crippen LogP contribution >= 0.6 is 0 Å². The molecular formula is C18H14N6O. The molecule has 0 saturated carbocycles. The van der Waals surface area contributed by atoms with Crippen LogP contribution in [-0.2, 0) is 13.1 Å². The summed E-state index contributed by atoms with van der Waals surface area (Å²) in [4.78, 5) is 18.8. The molecule has 25 heavy (non-hydrogen) atoms. The number of rotatable bonds is 2. The van der Waals surface area contributed by atoms with Gasteiger partial charge in [-0.3, -0.25) is 9.78 Å². The molecule has 3 aromatic rings. The number of amides is 1. The topological polar surface area (TPSA) is 87.7 Å². The van der Waals surface area contributed by atoms with Gasteiger partial charge in [-0.25, -0.2) is 0 Å². The third-order valence-corrected chi connectivity index (χ3v) is 4.21. The summed E-state index contributed by atoms with van der Waals surface area (Å²) in [5.74, 6) is 1.26. The van der Waals surface area contributed by atoms with Gasteiger partial charge in [0.05, 0.1) is 23.7 Å². The summed E-state index contributed by atoms with van der Waals surface area (Å²) in [5, 5.41) is 17.6. The Hall–Kier alpha value is -3.53. The van der Waals surface area contributed by atoms with Crippen LogP contribution in [0, 0.1) is 11.3 Å². The Bertz CT molecular complexity index is 973. The lowest BCUT2D eigenvalue weighted by atomic mass is 10.1. The molecule has 122 valence electrons. The molecule has 7 nitrogen and oxygen atoms in total. The highest BCUT2D eigenvalue weighted by Gasteiger charge is 2.27. The van der Waals surface area contributed by atoms with Gasteiger partial charge < -0.3 is 9.47 Å². The number of nitriles is 1. The van der Waals surface area contributed by atoms with E-state index in [9.17, 15) is 10.1 Å². The molecule has 3 heterocycles. The third-order valence-electron chi connectivity index (χ3n) is 4.21. The zero-order valence-corrected chi connectivity index (χ0v) is 13.3. The minimum absolute atomic E-state index is 0.161. The lowest BCUT2D eigenvalue weighted by Gasteiger charge is -2.28. The number of hydrogen-bond donors (Lipinski definition) is 0. The number of benzene rings is 1. The average Bonchev–Trinajstić information content (AvgIpc) is 3.11. The molecule has 0 saturated heterocycles. The van der Waals surface area contributed by atoms with Crippen LogP contribution in [0.4, 0.5) is 0 Å². The van der Waals surface area contributed by atoms with Crippen molar-refractivity contribution < 1.29 is 4.79 Å². The highest BCUT2D eigenvalue weighted by molar-refractivity contribution is 5.96. The predicted molar refractivity (Wildman–Crippen MR) is 89.2 cm³/mol. The van der Waals surface area contributed by atoms with Gasteiger partial charge in [-0.15, -0.1) is 10.2 Å². The Morgan fingerprint density at radius 3 is 2.72 bits per heavy atom. The lowest BCUT2D eigenvalue weighted by molar-refractivity contribution is 0.0707. The molecule has 0 unspecified atom stereocenters. The molecule has 1 aliphatic heterocycles. The van der Waals surface area contributed by atoms with Crippen molar-refractivity contribution in [1.29, 1.82) is 5.26 Å². The molecule has 0 bridgehead atoms. The fourth-order valence-corrected chi connectivity index (χ4v) is 2.95. The first kappa shape index (κ1) is 15.0. The first-order valence-corrected chi connectivity index (χ1v) is 7.90. The number of nitrogens with zero attached hydrogens (tertiary/aromatic N) is 6. The molecule has 0 atom stereocenters. The van der Waals surface area contributed by atoms with E-state index in [2.05, 4.69) is 21.3 Å². The van der Waals surface area contributed by atoms with E-state index in [-0.39, 0.29) is 5.91 Å². The van der Waals surface area contributed by atoms with E-state index in [0.717, 1.165) is 11.5 Å². The fourth-order valence-electron chi connectivity index (χ4n) is 2.95. The second-order valence-corrected chi connectivity index (χ2v) is 5.69. The van der Waals surface area contributed by atoms with Crippen molar-refractivity contribution >= 4 is 5.91 Å². The van der Waals surface area contributed by atoms with E-state index < -0.39 is 0 Å².